The normalized spacial score (nSPS) is 18.7. The van der Waals surface area contributed by atoms with Crippen molar-refractivity contribution in [3.05, 3.63) is 47.8 Å². The SMILES string of the molecule is Cc1cc(Nc2cc(C(F)(F)F)ccn2)nc(-c2cn(C3CN(C(=O)O)CC3O)nn2)c1. The predicted molar refractivity (Wildman–Crippen MR) is 105 cm³/mol. The quantitative estimate of drug-likeness (QED) is 0.555. The molecule has 0 spiro atoms. The topological polar surface area (TPSA) is 129 Å². The zero-order valence-corrected chi connectivity index (χ0v) is 16.7. The van der Waals surface area contributed by atoms with Crippen LogP contribution in [0, 0.1) is 6.92 Å². The van der Waals surface area contributed by atoms with E-state index in [0.29, 0.717) is 11.4 Å². The van der Waals surface area contributed by atoms with Gasteiger partial charge in [-0.25, -0.2) is 19.4 Å². The Morgan fingerprint density at radius 3 is 2.66 bits per heavy atom. The number of aliphatic hydroxyl groups is 1. The Morgan fingerprint density at radius 1 is 1.19 bits per heavy atom. The van der Waals surface area contributed by atoms with Gasteiger partial charge in [0.15, 0.2) is 0 Å². The van der Waals surface area contributed by atoms with Crippen molar-refractivity contribution >= 4 is 17.7 Å². The first-order valence-corrected chi connectivity index (χ1v) is 9.47. The first-order chi connectivity index (χ1) is 15.1. The van der Waals surface area contributed by atoms with Crippen LogP contribution in [0.1, 0.15) is 17.2 Å². The number of hydrogen-bond donors (Lipinski definition) is 3. The van der Waals surface area contributed by atoms with E-state index >= 15 is 0 Å². The van der Waals surface area contributed by atoms with Crippen LogP contribution in [0.2, 0.25) is 0 Å². The highest BCUT2D eigenvalue weighted by atomic mass is 19.4. The molecule has 1 aliphatic heterocycles. The van der Waals surface area contributed by atoms with Gasteiger partial charge in [0.1, 0.15) is 17.3 Å². The summed E-state index contributed by atoms with van der Waals surface area (Å²) in [6.07, 6.45) is -3.97. The molecule has 1 saturated heterocycles. The lowest BCUT2D eigenvalue weighted by molar-refractivity contribution is -0.137. The summed E-state index contributed by atoms with van der Waals surface area (Å²) < 4.78 is 40.2. The maximum Gasteiger partial charge on any atom is 0.416 e. The zero-order valence-electron chi connectivity index (χ0n) is 16.7. The minimum atomic E-state index is -4.50. The average Bonchev–Trinajstić information content (AvgIpc) is 3.34. The molecule has 0 radical (unpaired) electrons. The summed E-state index contributed by atoms with van der Waals surface area (Å²) in [6.45, 7) is 1.82. The minimum Gasteiger partial charge on any atom is -0.465 e. The Labute approximate surface area is 179 Å². The number of aromatic nitrogens is 5. The number of alkyl halides is 3. The number of β-amino-alcohol motifs (C(OH)–C–C–N with tert-alkyl or cyclic N) is 1. The van der Waals surface area contributed by atoms with Crippen LogP contribution in [0.25, 0.3) is 11.4 Å². The molecule has 3 aromatic heterocycles. The smallest absolute Gasteiger partial charge is 0.416 e. The van der Waals surface area contributed by atoms with Crippen LogP contribution in [0.4, 0.5) is 29.6 Å². The Hall–Kier alpha value is -3.74. The van der Waals surface area contributed by atoms with Crippen LogP contribution in [0.15, 0.2) is 36.7 Å². The molecule has 13 heteroatoms. The van der Waals surface area contributed by atoms with Crippen LogP contribution < -0.4 is 5.32 Å². The maximum absolute atomic E-state index is 12.9. The van der Waals surface area contributed by atoms with E-state index in [9.17, 15) is 23.1 Å². The lowest BCUT2D eigenvalue weighted by Gasteiger charge is -2.12. The number of carbonyl (C=O) groups is 1. The number of aryl methyl sites for hydroxylation is 1. The Balaban J connectivity index is 1.57. The Bertz CT molecular complexity index is 1150. The molecule has 32 heavy (non-hydrogen) atoms. The number of halogens is 3. The second kappa shape index (κ2) is 8.07. The average molecular weight is 449 g/mol. The van der Waals surface area contributed by atoms with Gasteiger partial charge in [0.2, 0.25) is 0 Å². The molecule has 0 bridgehead atoms. The fourth-order valence-corrected chi connectivity index (χ4v) is 3.41. The number of hydrogen-bond acceptors (Lipinski definition) is 7. The number of pyridine rings is 2. The Kier molecular flexibility index (Phi) is 5.42. The first-order valence-electron chi connectivity index (χ1n) is 9.47. The number of likely N-dealkylation sites (tertiary alicyclic amines) is 1. The lowest BCUT2D eigenvalue weighted by Crippen LogP contribution is -2.27. The second-order valence-corrected chi connectivity index (χ2v) is 7.37. The van der Waals surface area contributed by atoms with Gasteiger partial charge in [-0.15, -0.1) is 5.10 Å². The fraction of sp³-hybridized carbons (Fsp3) is 0.316. The fourth-order valence-electron chi connectivity index (χ4n) is 3.41. The summed E-state index contributed by atoms with van der Waals surface area (Å²) >= 11 is 0. The number of anilines is 2. The Morgan fingerprint density at radius 2 is 1.97 bits per heavy atom. The van der Waals surface area contributed by atoms with Gasteiger partial charge >= 0.3 is 12.3 Å². The lowest BCUT2D eigenvalue weighted by atomic mass is 10.2. The summed E-state index contributed by atoms with van der Waals surface area (Å²) in [5.74, 6) is 0.245. The first kappa shape index (κ1) is 21.5. The van der Waals surface area contributed by atoms with Gasteiger partial charge in [-0.3, -0.25) is 0 Å². The standard InChI is InChI=1S/C19H18F3N7O3/c1-10-4-12(13-7-29(27-26-13)14-8-28(18(31)32)9-15(14)30)24-17(5-10)25-16-6-11(2-3-23-16)19(20,21)22/h2-7,14-15,30H,8-9H2,1H3,(H,31,32)(H,23,24,25). The van der Waals surface area contributed by atoms with Crippen LogP contribution >= 0.6 is 0 Å². The maximum atomic E-state index is 12.9. The van der Waals surface area contributed by atoms with E-state index in [-0.39, 0.29) is 24.7 Å². The number of nitrogens with one attached hydrogen (secondary N) is 1. The summed E-state index contributed by atoms with van der Waals surface area (Å²) in [4.78, 5) is 20.5. The molecule has 168 valence electrons. The molecule has 0 aliphatic carbocycles. The van der Waals surface area contributed by atoms with Crippen molar-refractivity contribution in [2.45, 2.75) is 25.2 Å². The van der Waals surface area contributed by atoms with Gasteiger partial charge in [0.05, 0.1) is 36.1 Å². The van der Waals surface area contributed by atoms with Gasteiger partial charge in [-0.2, -0.15) is 13.2 Å². The van der Waals surface area contributed by atoms with E-state index in [2.05, 4.69) is 25.6 Å². The van der Waals surface area contributed by atoms with Gasteiger partial charge in [-0.05, 0) is 36.8 Å². The third kappa shape index (κ3) is 4.46. The highest BCUT2D eigenvalue weighted by Crippen LogP contribution is 2.31. The van der Waals surface area contributed by atoms with Crippen molar-refractivity contribution < 1.29 is 28.2 Å². The van der Waals surface area contributed by atoms with Crippen LogP contribution in [0.3, 0.4) is 0 Å². The van der Waals surface area contributed by atoms with Gasteiger partial charge in [0, 0.05) is 12.7 Å². The van der Waals surface area contributed by atoms with Crippen LogP contribution in [-0.2, 0) is 6.18 Å². The molecule has 4 rings (SSSR count). The second-order valence-electron chi connectivity index (χ2n) is 7.37. The zero-order chi connectivity index (χ0) is 23.0. The number of aliphatic hydroxyl groups excluding tert-OH is 1. The molecule has 1 aliphatic rings. The minimum absolute atomic E-state index is 0.0182. The molecule has 3 aromatic rings. The van der Waals surface area contributed by atoms with Crippen molar-refractivity contribution in [1.82, 2.24) is 29.9 Å². The largest absolute Gasteiger partial charge is 0.465 e. The van der Waals surface area contributed by atoms with E-state index in [4.69, 9.17) is 5.11 Å². The van der Waals surface area contributed by atoms with Crippen molar-refractivity contribution in [2.75, 3.05) is 18.4 Å². The summed E-state index contributed by atoms with van der Waals surface area (Å²) in [6, 6.07) is 4.52. The molecule has 0 aromatic carbocycles. The van der Waals surface area contributed by atoms with Gasteiger partial charge < -0.3 is 20.4 Å². The van der Waals surface area contributed by atoms with Crippen LogP contribution in [-0.4, -0.2) is 65.4 Å². The molecule has 10 nitrogen and oxygen atoms in total. The van der Waals surface area contributed by atoms with Crippen LogP contribution in [0.5, 0.6) is 0 Å². The molecule has 1 amide bonds. The number of rotatable bonds is 4. The molecule has 1 fully saturated rings. The molecule has 4 heterocycles. The predicted octanol–water partition coefficient (Wildman–Crippen LogP) is 2.70. The highest BCUT2D eigenvalue weighted by Gasteiger charge is 2.36. The monoisotopic (exact) mass is 449 g/mol. The highest BCUT2D eigenvalue weighted by molar-refractivity contribution is 5.65. The van der Waals surface area contributed by atoms with E-state index in [1.807, 2.05) is 0 Å². The molecule has 0 saturated carbocycles. The van der Waals surface area contributed by atoms with E-state index in [1.54, 1.807) is 19.1 Å². The van der Waals surface area contributed by atoms with E-state index in [1.165, 1.54) is 10.9 Å². The van der Waals surface area contributed by atoms with E-state index < -0.39 is 30.0 Å². The van der Waals surface area contributed by atoms with Crippen molar-refractivity contribution in [3.63, 3.8) is 0 Å². The summed E-state index contributed by atoms with van der Waals surface area (Å²) in [7, 11) is 0. The molecule has 2 atom stereocenters. The van der Waals surface area contributed by atoms with Crippen molar-refractivity contribution in [1.29, 1.82) is 0 Å². The molecular formula is C19H18F3N7O3. The van der Waals surface area contributed by atoms with Gasteiger partial charge in [-0.1, -0.05) is 5.21 Å². The molecular weight excluding hydrogens is 431 g/mol. The van der Waals surface area contributed by atoms with Crippen molar-refractivity contribution in [3.8, 4) is 11.4 Å². The van der Waals surface area contributed by atoms with Gasteiger partial charge in [0.25, 0.3) is 0 Å². The van der Waals surface area contributed by atoms with E-state index in [0.717, 1.165) is 28.8 Å². The third-order valence-corrected chi connectivity index (χ3v) is 4.96. The third-order valence-electron chi connectivity index (χ3n) is 4.96. The molecule has 2 unspecified atom stereocenters. The molecule has 3 N–H and O–H groups in total. The van der Waals surface area contributed by atoms with Crippen molar-refractivity contribution in [2.24, 2.45) is 0 Å². The number of amides is 1. The number of carboxylic acid groups (broad SMARTS) is 1. The summed E-state index contributed by atoms with van der Waals surface area (Å²) in [5.41, 5.74) is 0.677. The number of nitrogens with zero attached hydrogens (tertiary/aromatic N) is 6. The summed E-state index contributed by atoms with van der Waals surface area (Å²) in [5, 5.41) is 30.1.